The van der Waals surface area contributed by atoms with E-state index in [9.17, 15) is 0 Å². The molecule has 2 heterocycles. The summed E-state index contributed by atoms with van der Waals surface area (Å²) in [6.45, 7) is 2.47. The van der Waals surface area contributed by atoms with Crippen molar-refractivity contribution in [1.29, 1.82) is 0 Å². The topological polar surface area (TPSA) is 47.5 Å². The van der Waals surface area contributed by atoms with E-state index in [0.29, 0.717) is 12.7 Å². The van der Waals surface area contributed by atoms with E-state index in [4.69, 9.17) is 9.47 Å². The first kappa shape index (κ1) is 13.7. The van der Waals surface area contributed by atoms with Gasteiger partial charge in [0.25, 0.3) is 0 Å². The van der Waals surface area contributed by atoms with Crippen LogP contribution < -0.4 is 4.90 Å². The average molecular weight is 271 g/mol. The zero-order valence-corrected chi connectivity index (χ0v) is 11.9. The Morgan fingerprint density at radius 2 is 2.39 bits per heavy atom. The molecule has 1 fully saturated rings. The number of hydrogen-bond acceptors (Lipinski definition) is 6. The molecule has 0 aromatic carbocycles. The fraction of sp³-hybridized carbons (Fsp3) is 0.833. The first-order valence-electron chi connectivity index (χ1n) is 6.44. The van der Waals surface area contributed by atoms with E-state index >= 15 is 0 Å². The molecule has 18 heavy (non-hydrogen) atoms. The zero-order chi connectivity index (χ0) is 12.8. The van der Waals surface area contributed by atoms with Crippen molar-refractivity contribution in [3.63, 3.8) is 0 Å². The molecular formula is C12H21N3O2S. The molecule has 0 spiro atoms. The standard InChI is InChI=1S/C12H21N3O2S/c1-15(9-10-5-3-4-7-17-10)12-13-11(14-18-12)6-8-16-2/h10H,3-9H2,1-2H3. The van der Waals surface area contributed by atoms with E-state index in [1.165, 1.54) is 24.4 Å². The Labute approximate surface area is 112 Å². The molecule has 0 amide bonds. The van der Waals surface area contributed by atoms with Crippen molar-refractivity contribution in [2.75, 3.05) is 38.8 Å². The molecule has 0 aliphatic carbocycles. The Morgan fingerprint density at radius 3 is 3.11 bits per heavy atom. The maximum absolute atomic E-state index is 5.74. The molecule has 1 aliphatic heterocycles. The third-order valence-electron chi connectivity index (χ3n) is 3.07. The van der Waals surface area contributed by atoms with Gasteiger partial charge in [0.1, 0.15) is 5.82 Å². The van der Waals surface area contributed by atoms with Gasteiger partial charge in [0, 0.05) is 45.3 Å². The van der Waals surface area contributed by atoms with Gasteiger partial charge in [0.05, 0.1) is 12.7 Å². The number of rotatable bonds is 6. The van der Waals surface area contributed by atoms with Crippen molar-refractivity contribution >= 4 is 16.7 Å². The van der Waals surface area contributed by atoms with E-state index in [1.54, 1.807) is 7.11 Å². The van der Waals surface area contributed by atoms with Crippen molar-refractivity contribution in [2.45, 2.75) is 31.8 Å². The van der Waals surface area contributed by atoms with Crippen LogP contribution in [0.2, 0.25) is 0 Å². The third kappa shape index (κ3) is 3.90. The normalized spacial score (nSPS) is 20.0. The number of anilines is 1. The van der Waals surface area contributed by atoms with E-state index in [1.807, 2.05) is 0 Å². The van der Waals surface area contributed by atoms with Crippen LogP contribution in [0.1, 0.15) is 25.1 Å². The SMILES string of the molecule is COCCc1nsc(N(C)CC2CCCCO2)n1. The van der Waals surface area contributed by atoms with Gasteiger partial charge in [-0.2, -0.15) is 4.37 Å². The van der Waals surface area contributed by atoms with Crippen LogP contribution in [0.25, 0.3) is 0 Å². The average Bonchev–Trinajstić information content (AvgIpc) is 2.86. The summed E-state index contributed by atoms with van der Waals surface area (Å²) in [6, 6.07) is 0. The summed E-state index contributed by atoms with van der Waals surface area (Å²) in [6.07, 6.45) is 4.74. The quantitative estimate of drug-likeness (QED) is 0.788. The van der Waals surface area contributed by atoms with Gasteiger partial charge in [-0.15, -0.1) is 0 Å². The lowest BCUT2D eigenvalue weighted by Crippen LogP contribution is -2.33. The van der Waals surface area contributed by atoms with Crippen LogP contribution in [0.4, 0.5) is 5.13 Å². The fourth-order valence-corrected chi connectivity index (χ4v) is 2.71. The minimum absolute atomic E-state index is 0.343. The highest BCUT2D eigenvalue weighted by atomic mass is 32.1. The van der Waals surface area contributed by atoms with E-state index in [-0.39, 0.29) is 0 Å². The minimum atomic E-state index is 0.343. The number of ether oxygens (including phenoxy) is 2. The predicted octanol–water partition coefficient (Wildman–Crippen LogP) is 1.73. The number of methoxy groups -OCH3 is 1. The summed E-state index contributed by atoms with van der Waals surface area (Å²) in [7, 11) is 3.75. The molecule has 0 bridgehead atoms. The molecule has 1 saturated heterocycles. The van der Waals surface area contributed by atoms with E-state index < -0.39 is 0 Å². The van der Waals surface area contributed by atoms with Crippen molar-refractivity contribution in [2.24, 2.45) is 0 Å². The Bertz CT molecular complexity index is 353. The molecule has 0 N–H and O–H groups in total. The van der Waals surface area contributed by atoms with Crippen molar-refractivity contribution in [3.05, 3.63) is 5.82 Å². The first-order valence-corrected chi connectivity index (χ1v) is 7.21. The summed E-state index contributed by atoms with van der Waals surface area (Å²) in [5.41, 5.74) is 0. The Kier molecular flexibility index (Phi) is 5.34. The highest BCUT2D eigenvalue weighted by Crippen LogP contribution is 2.19. The second-order valence-electron chi connectivity index (χ2n) is 4.61. The lowest BCUT2D eigenvalue weighted by Gasteiger charge is -2.26. The lowest BCUT2D eigenvalue weighted by molar-refractivity contribution is 0.0216. The molecule has 1 atom stereocenters. The Morgan fingerprint density at radius 1 is 1.50 bits per heavy atom. The molecule has 0 saturated carbocycles. The van der Waals surface area contributed by atoms with Crippen molar-refractivity contribution in [1.82, 2.24) is 9.36 Å². The second-order valence-corrected chi connectivity index (χ2v) is 5.34. The summed E-state index contributed by atoms with van der Waals surface area (Å²) in [5.74, 6) is 0.869. The monoisotopic (exact) mass is 271 g/mol. The number of aromatic nitrogens is 2. The van der Waals surface area contributed by atoms with Gasteiger partial charge in [-0.1, -0.05) is 0 Å². The molecule has 2 rings (SSSR count). The number of hydrogen-bond donors (Lipinski definition) is 0. The molecule has 1 aromatic rings. The van der Waals surface area contributed by atoms with E-state index in [2.05, 4.69) is 21.3 Å². The van der Waals surface area contributed by atoms with Crippen LogP contribution in [0.3, 0.4) is 0 Å². The largest absolute Gasteiger partial charge is 0.384 e. The molecule has 1 aliphatic rings. The molecular weight excluding hydrogens is 250 g/mol. The van der Waals surface area contributed by atoms with Crippen LogP contribution in [-0.4, -0.2) is 49.4 Å². The van der Waals surface area contributed by atoms with Gasteiger partial charge >= 0.3 is 0 Å². The van der Waals surface area contributed by atoms with Gasteiger partial charge in [0.2, 0.25) is 5.13 Å². The fourth-order valence-electron chi connectivity index (χ4n) is 2.03. The number of likely N-dealkylation sites (N-methyl/N-ethyl adjacent to an activating group) is 1. The van der Waals surface area contributed by atoms with Gasteiger partial charge in [-0.05, 0) is 19.3 Å². The van der Waals surface area contributed by atoms with Crippen molar-refractivity contribution in [3.8, 4) is 0 Å². The highest BCUT2D eigenvalue weighted by molar-refractivity contribution is 7.09. The maximum atomic E-state index is 5.74. The predicted molar refractivity (Wildman–Crippen MR) is 72.4 cm³/mol. The van der Waals surface area contributed by atoms with Gasteiger partial charge < -0.3 is 14.4 Å². The van der Waals surface area contributed by atoms with Gasteiger partial charge in [0.15, 0.2) is 0 Å². The van der Waals surface area contributed by atoms with Crippen LogP contribution >= 0.6 is 11.5 Å². The first-order chi connectivity index (χ1) is 8.79. The highest BCUT2D eigenvalue weighted by Gasteiger charge is 2.18. The van der Waals surface area contributed by atoms with Gasteiger partial charge in [-0.25, -0.2) is 4.98 Å². The van der Waals surface area contributed by atoms with Crippen LogP contribution in [0, 0.1) is 0 Å². The summed E-state index contributed by atoms with van der Waals surface area (Å²) < 4.78 is 15.1. The summed E-state index contributed by atoms with van der Waals surface area (Å²) in [5, 5.41) is 0.968. The Balaban J connectivity index is 1.83. The molecule has 1 unspecified atom stereocenters. The maximum Gasteiger partial charge on any atom is 0.205 e. The Hall–Kier alpha value is -0.720. The summed E-state index contributed by atoms with van der Waals surface area (Å²) >= 11 is 1.45. The zero-order valence-electron chi connectivity index (χ0n) is 11.1. The smallest absolute Gasteiger partial charge is 0.205 e. The molecule has 5 nitrogen and oxygen atoms in total. The van der Waals surface area contributed by atoms with Crippen molar-refractivity contribution < 1.29 is 9.47 Å². The summed E-state index contributed by atoms with van der Waals surface area (Å²) in [4.78, 5) is 6.65. The van der Waals surface area contributed by atoms with Gasteiger partial charge in [-0.3, -0.25) is 0 Å². The minimum Gasteiger partial charge on any atom is -0.384 e. The molecule has 0 radical (unpaired) electrons. The van der Waals surface area contributed by atoms with Crippen LogP contribution in [-0.2, 0) is 15.9 Å². The third-order valence-corrected chi connectivity index (χ3v) is 3.93. The second kappa shape index (κ2) is 7.01. The lowest BCUT2D eigenvalue weighted by atomic mass is 10.1. The molecule has 1 aromatic heterocycles. The van der Waals surface area contributed by atoms with E-state index in [0.717, 1.165) is 36.9 Å². The van der Waals surface area contributed by atoms with Crippen LogP contribution in [0.5, 0.6) is 0 Å². The van der Waals surface area contributed by atoms with Crippen LogP contribution in [0.15, 0.2) is 0 Å². The number of nitrogens with zero attached hydrogens (tertiary/aromatic N) is 3. The molecule has 6 heteroatoms. The molecule has 102 valence electrons.